The van der Waals surface area contributed by atoms with E-state index in [0.29, 0.717) is 23.7 Å². The molecule has 2 aliphatic heterocycles. The first-order chi connectivity index (χ1) is 11.8. The van der Waals surface area contributed by atoms with Crippen LogP contribution in [-0.4, -0.2) is 37.3 Å². The van der Waals surface area contributed by atoms with E-state index < -0.39 is 0 Å². The van der Waals surface area contributed by atoms with Gasteiger partial charge in [-0.2, -0.15) is 0 Å². The maximum Gasteiger partial charge on any atom is 0.191 e. The fraction of sp³-hybridized carbons (Fsp3) is 0.650. The second kappa shape index (κ2) is 8.25. The van der Waals surface area contributed by atoms with E-state index in [1.807, 2.05) is 0 Å². The fourth-order valence-corrected chi connectivity index (χ4v) is 4.13. The second-order valence-corrected chi connectivity index (χ2v) is 7.72. The number of hydrogen-bond acceptors (Lipinski definition) is 2. The Hall–Kier alpha value is -0.820. The Morgan fingerprint density at radius 1 is 1.24 bits per heavy atom. The highest BCUT2D eigenvalue weighted by atomic mass is 127. The predicted octanol–water partition coefficient (Wildman–Crippen LogP) is 3.50. The summed E-state index contributed by atoms with van der Waals surface area (Å²) >= 11 is 0. The molecular formula is C20H30IN3O. The molecule has 3 aliphatic rings. The van der Waals surface area contributed by atoms with Crippen LogP contribution in [0.2, 0.25) is 0 Å². The summed E-state index contributed by atoms with van der Waals surface area (Å²) < 4.78 is 5.96. The molecule has 138 valence electrons. The lowest BCUT2D eigenvalue weighted by Gasteiger charge is -2.23. The van der Waals surface area contributed by atoms with Gasteiger partial charge in [0.05, 0.1) is 18.2 Å². The van der Waals surface area contributed by atoms with Gasteiger partial charge < -0.3 is 15.4 Å². The van der Waals surface area contributed by atoms with Gasteiger partial charge in [0.2, 0.25) is 0 Å². The van der Waals surface area contributed by atoms with Gasteiger partial charge in [0.1, 0.15) is 0 Å². The van der Waals surface area contributed by atoms with Gasteiger partial charge in [-0.05, 0) is 56.4 Å². The lowest BCUT2D eigenvalue weighted by Crippen LogP contribution is -2.47. The molecule has 1 aliphatic carbocycles. The summed E-state index contributed by atoms with van der Waals surface area (Å²) in [5.74, 6) is 0.970. The number of fused-ring (bicyclic) bond motifs is 2. The van der Waals surface area contributed by atoms with Crippen LogP contribution in [0.25, 0.3) is 0 Å². The van der Waals surface area contributed by atoms with E-state index in [2.05, 4.69) is 47.9 Å². The maximum atomic E-state index is 5.96. The Morgan fingerprint density at radius 2 is 2.04 bits per heavy atom. The molecule has 0 radical (unpaired) electrons. The molecular weight excluding hydrogens is 425 g/mol. The molecule has 25 heavy (non-hydrogen) atoms. The number of nitrogens with one attached hydrogen (secondary N) is 2. The van der Waals surface area contributed by atoms with Gasteiger partial charge in [-0.3, -0.25) is 4.99 Å². The van der Waals surface area contributed by atoms with Crippen LogP contribution >= 0.6 is 24.0 Å². The molecule has 0 spiro atoms. The molecule has 3 fully saturated rings. The Balaban J connectivity index is 0.00000182. The molecule has 2 N–H and O–H groups in total. The van der Waals surface area contributed by atoms with E-state index in [9.17, 15) is 0 Å². The largest absolute Gasteiger partial charge is 0.373 e. The van der Waals surface area contributed by atoms with Crippen molar-refractivity contribution in [1.82, 2.24) is 10.6 Å². The average Bonchev–Trinajstić information content (AvgIpc) is 3.03. The highest BCUT2D eigenvalue weighted by Crippen LogP contribution is 2.48. The maximum absolute atomic E-state index is 5.96. The Labute approximate surface area is 168 Å². The normalized spacial score (nSPS) is 29.2. The number of guanidine groups is 1. The molecule has 3 unspecified atom stereocenters. The molecule has 2 heterocycles. The zero-order valence-electron chi connectivity index (χ0n) is 15.0. The van der Waals surface area contributed by atoms with Gasteiger partial charge >= 0.3 is 0 Å². The van der Waals surface area contributed by atoms with Crippen LogP contribution in [0.1, 0.15) is 44.6 Å². The van der Waals surface area contributed by atoms with Crippen molar-refractivity contribution in [3.8, 4) is 0 Å². The van der Waals surface area contributed by atoms with Gasteiger partial charge in [0.15, 0.2) is 5.96 Å². The third-order valence-corrected chi connectivity index (χ3v) is 5.72. The van der Waals surface area contributed by atoms with Gasteiger partial charge in [-0.25, -0.2) is 0 Å². The molecule has 5 heteroatoms. The minimum atomic E-state index is 0. The molecule has 3 atom stereocenters. The predicted molar refractivity (Wildman–Crippen MR) is 113 cm³/mol. The second-order valence-electron chi connectivity index (χ2n) is 7.72. The Morgan fingerprint density at radius 3 is 2.64 bits per heavy atom. The van der Waals surface area contributed by atoms with Gasteiger partial charge in [-0.15, -0.1) is 24.0 Å². The van der Waals surface area contributed by atoms with Gasteiger partial charge in [0.25, 0.3) is 0 Å². The van der Waals surface area contributed by atoms with Crippen molar-refractivity contribution in [3.63, 3.8) is 0 Å². The van der Waals surface area contributed by atoms with Gasteiger partial charge in [-0.1, -0.05) is 30.3 Å². The first-order valence-electron chi connectivity index (χ1n) is 9.51. The van der Waals surface area contributed by atoms with E-state index in [1.165, 1.54) is 31.2 Å². The fourth-order valence-electron chi connectivity index (χ4n) is 4.13. The van der Waals surface area contributed by atoms with Crippen LogP contribution in [-0.2, 0) is 11.2 Å². The highest BCUT2D eigenvalue weighted by molar-refractivity contribution is 14.0. The van der Waals surface area contributed by atoms with E-state index in [0.717, 1.165) is 31.9 Å². The van der Waals surface area contributed by atoms with Crippen LogP contribution in [0, 0.1) is 5.41 Å². The smallest absolute Gasteiger partial charge is 0.191 e. The molecule has 1 aromatic carbocycles. The number of benzene rings is 1. The summed E-state index contributed by atoms with van der Waals surface area (Å²) in [7, 11) is 0. The van der Waals surface area contributed by atoms with Crippen molar-refractivity contribution in [3.05, 3.63) is 35.9 Å². The average molecular weight is 455 g/mol. The van der Waals surface area contributed by atoms with E-state index in [-0.39, 0.29) is 24.0 Å². The van der Waals surface area contributed by atoms with Crippen LogP contribution in [0.5, 0.6) is 0 Å². The molecule has 2 bridgehead atoms. The molecule has 1 saturated carbocycles. The molecule has 4 nitrogen and oxygen atoms in total. The van der Waals surface area contributed by atoms with E-state index in [1.54, 1.807) is 0 Å². The number of rotatable bonds is 6. The van der Waals surface area contributed by atoms with Gasteiger partial charge in [0, 0.05) is 13.1 Å². The number of hydrogen-bond donors (Lipinski definition) is 2. The van der Waals surface area contributed by atoms with Crippen molar-refractivity contribution in [2.75, 3.05) is 13.1 Å². The highest BCUT2D eigenvalue weighted by Gasteiger charge is 2.43. The summed E-state index contributed by atoms with van der Waals surface area (Å²) in [6.07, 6.45) is 8.15. The monoisotopic (exact) mass is 455 g/mol. The standard InChI is InChI=1S/C20H29N3O.HI/c1-2-21-19(23-17-12-16-8-9-18(17)24-16)22-14-20(10-11-20)13-15-6-4-3-5-7-15;/h3-7,16-18H,2,8-14H2,1H3,(H2,21,22,23);1H. The lowest BCUT2D eigenvalue weighted by molar-refractivity contribution is 0.0992. The van der Waals surface area contributed by atoms with Crippen molar-refractivity contribution >= 4 is 29.9 Å². The van der Waals surface area contributed by atoms with E-state index >= 15 is 0 Å². The molecule has 0 amide bonds. The van der Waals surface area contributed by atoms with Crippen LogP contribution in [0.15, 0.2) is 35.3 Å². The molecule has 2 saturated heterocycles. The van der Waals surface area contributed by atoms with Crippen molar-refractivity contribution < 1.29 is 4.74 Å². The van der Waals surface area contributed by atoms with E-state index in [4.69, 9.17) is 9.73 Å². The quantitative estimate of drug-likeness (QED) is 0.392. The molecule has 0 aromatic heterocycles. The number of halogens is 1. The minimum absolute atomic E-state index is 0. The van der Waals surface area contributed by atoms with Crippen LogP contribution in [0.3, 0.4) is 0 Å². The summed E-state index contributed by atoms with van der Waals surface area (Å²) in [6, 6.07) is 11.3. The topological polar surface area (TPSA) is 45.7 Å². The third kappa shape index (κ3) is 4.67. The SMILES string of the molecule is CCNC(=NCC1(Cc2ccccc2)CC1)NC1CC2CCC1O2.I. The minimum Gasteiger partial charge on any atom is -0.373 e. The van der Waals surface area contributed by atoms with Crippen molar-refractivity contribution in [1.29, 1.82) is 0 Å². The van der Waals surface area contributed by atoms with Crippen LogP contribution in [0.4, 0.5) is 0 Å². The lowest BCUT2D eigenvalue weighted by atomic mass is 9.95. The van der Waals surface area contributed by atoms with Crippen molar-refractivity contribution in [2.24, 2.45) is 10.4 Å². The molecule has 4 rings (SSSR count). The molecule has 1 aromatic rings. The summed E-state index contributed by atoms with van der Waals surface area (Å²) in [5.41, 5.74) is 1.82. The first kappa shape index (κ1) is 19.0. The Bertz CT molecular complexity index is 588. The van der Waals surface area contributed by atoms with Crippen molar-refractivity contribution in [2.45, 2.75) is 63.7 Å². The summed E-state index contributed by atoms with van der Waals surface area (Å²) in [5, 5.41) is 7.04. The number of nitrogens with zero attached hydrogens (tertiary/aromatic N) is 1. The summed E-state index contributed by atoms with van der Waals surface area (Å²) in [4.78, 5) is 4.93. The third-order valence-electron chi connectivity index (χ3n) is 5.72. The number of aliphatic imine (C=N–C) groups is 1. The first-order valence-corrected chi connectivity index (χ1v) is 9.51. The summed E-state index contributed by atoms with van der Waals surface area (Å²) in [6.45, 7) is 3.95. The Kier molecular flexibility index (Phi) is 6.25. The number of ether oxygens (including phenoxy) is 1. The zero-order valence-corrected chi connectivity index (χ0v) is 17.4. The van der Waals surface area contributed by atoms with Crippen LogP contribution < -0.4 is 10.6 Å². The zero-order chi connectivity index (χ0) is 16.4.